The zero-order valence-electron chi connectivity index (χ0n) is 21.3. The number of aromatic nitrogens is 1. The Morgan fingerprint density at radius 3 is 1.90 bits per heavy atom. The van der Waals surface area contributed by atoms with Crippen molar-refractivity contribution in [2.45, 2.75) is 13.1 Å². The molecule has 0 saturated heterocycles. The molecule has 0 fully saturated rings. The molecule has 4 rings (SSSR count). The van der Waals surface area contributed by atoms with E-state index in [1.54, 1.807) is 24.3 Å². The van der Waals surface area contributed by atoms with Gasteiger partial charge >= 0.3 is 24.1 Å². The second-order valence-corrected chi connectivity index (χ2v) is 8.26. The highest BCUT2D eigenvalue weighted by molar-refractivity contribution is 6.23. The summed E-state index contributed by atoms with van der Waals surface area (Å²) in [7, 11) is 1.26. The van der Waals surface area contributed by atoms with Gasteiger partial charge < -0.3 is 20.1 Å². The number of carbonyl (C=O) groups is 4. The molecular formula is C28H21F3N2O8. The predicted molar refractivity (Wildman–Crippen MR) is 140 cm³/mol. The van der Waals surface area contributed by atoms with Crippen LogP contribution < -0.4 is 0 Å². The molecule has 10 nitrogen and oxygen atoms in total. The second kappa shape index (κ2) is 12.2. The molecule has 0 aliphatic rings. The van der Waals surface area contributed by atoms with Crippen LogP contribution >= 0.6 is 0 Å². The highest BCUT2D eigenvalue weighted by Crippen LogP contribution is 2.35. The van der Waals surface area contributed by atoms with Crippen LogP contribution in [0.3, 0.4) is 0 Å². The number of benzene rings is 3. The van der Waals surface area contributed by atoms with E-state index < -0.39 is 30.0 Å². The summed E-state index contributed by atoms with van der Waals surface area (Å²) in [5.41, 5.74) is 2.47. The van der Waals surface area contributed by atoms with E-state index in [2.05, 4.69) is 0 Å². The Labute approximate surface area is 229 Å². The highest BCUT2D eigenvalue weighted by Gasteiger charge is 2.38. The number of carbonyl (C=O) groups excluding carboxylic acids is 2. The van der Waals surface area contributed by atoms with Crippen molar-refractivity contribution in [1.29, 1.82) is 0 Å². The van der Waals surface area contributed by atoms with E-state index >= 15 is 0 Å². The van der Waals surface area contributed by atoms with Gasteiger partial charge in [-0.05, 0) is 36.4 Å². The summed E-state index contributed by atoms with van der Waals surface area (Å²) >= 11 is 0. The minimum atomic E-state index is -5.08. The van der Waals surface area contributed by atoms with Gasteiger partial charge in [0.05, 0.1) is 40.7 Å². The number of aliphatic imine (C=N–C) groups is 1. The second-order valence-electron chi connectivity index (χ2n) is 8.26. The molecule has 1 heterocycles. The predicted octanol–water partition coefficient (Wildman–Crippen LogP) is 5.29. The lowest BCUT2D eigenvalue weighted by Crippen LogP contribution is -2.21. The van der Waals surface area contributed by atoms with Gasteiger partial charge in [-0.15, -0.1) is 0 Å². The van der Waals surface area contributed by atoms with Gasteiger partial charge in [0.15, 0.2) is 0 Å². The molecule has 0 radical (unpaired) electrons. The van der Waals surface area contributed by atoms with Gasteiger partial charge in [-0.25, -0.2) is 19.4 Å². The summed E-state index contributed by atoms with van der Waals surface area (Å²) < 4.78 is 37.6. The Hall–Kier alpha value is -5.46. The van der Waals surface area contributed by atoms with Gasteiger partial charge in [0, 0.05) is 17.9 Å². The van der Waals surface area contributed by atoms with Crippen molar-refractivity contribution in [3.05, 3.63) is 95.1 Å². The van der Waals surface area contributed by atoms with Gasteiger partial charge in [-0.2, -0.15) is 13.2 Å². The van der Waals surface area contributed by atoms with Crippen LogP contribution in [-0.4, -0.2) is 62.7 Å². The fraction of sp³-hybridized carbons (Fsp3) is 0.107. The fourth-order valence-corrected chi connectivity index (χ4v) is 3.74. The molecule has 0 amide bonds. The third-order valence-corrected chi connectivity index (χ3v) is 5.56. The van der Waals surface area contributed by atoms with Crippen LogP contribution in [0.2, 0.25) is 0 Å². The minimum Gasteiger partial charge on any atom is -0.494 e. The molecule has 0 spiro atoms. The van der Waals surface area contributed by atoms with Gasteiger partial charge in [0.2, 0.25) is 11.8 Å². The molecule has 0 unspecified atom stereocenters. The standard InChI is InChI=1S/C26H20N2O6.C2HF3O2/c1-15(29)28-21-14-18(26(33)34-2)10-13-20(21)22(24(28)30)23(16-6-4-3-5-7-16)27-19-11-8-17(9-12-19)25(31)32;3-2(4,5)1(6)7/h3-14,30H,1-2H3,(H,31,32);(H,6,7). The average molecular weight is 570 g/mol. The number of fused-ring (bicyclic) bond motifs is 1. The van der Waals surface area contributed by atoms with Crippen LogP contribution in [0.1, 0.15) is 43.6 Å². The lowest BCUT2D eigenvalue weighted by Gasteiger charge is -2.08. The maximum absolute atomic E-state index is 12.5. The number of hydrogen-bond donors (Lipinski definition) is 3. The third-order valence-electron chi connectivity index (χ3n) is 5.56. The number of nitrogens with zero attached hydrogens (tertiary/aromatic N) is 2. The number of aromatic carboxylic acids is 1. The summed E-state index contributed by atoms with van der Waals surface area (Å²) in [5, 5.41) is 28.0. The first kappa shape index (κ1) is 30.1. The number of carboxylic acid groups (broad SMARTS) is 2. The monoisotopic (exact) mass is 570 g/mol. The molecule has 0 atom stereocenters. The lowest BCUT2D eigenvalue weighted by molar-refractivity contribution is -0.192. The summed E-state index contributed by atoms with van der Waals surface area (Å²) in [4.78, 5) is 49.3. The highest BCUT2D eigenvalue weighted by atomic mass is 19.4. The van der Waals surface area contributed by atoms with Crippen LogP contribution in [0.4, 0.5) is 18.9 Å². The number of halogens is 3. The third kappa shape index (κ3) is 6.76. The number of alkyl halides is 3. The molecule has 0 bridgehead atoms. The minimum absolute atomic E-state index is 0.117. The van der Waals surface area contributed by atoms with Crippen molar-refractivity contribution in [1.82, 2.24) is 4.57 Å². The van der Waals surface area contributed by atoms with Crippen molar-refractivity contribution in [2.24, 2.45) is 4.99 Å². The van der Waals surface area contributed by atoms with E-state index in [1.807, 2.05) is 30.3 Å². The summed E-state index contributed by atoms with van der Waals surface area (Å²) in [5.74, 6) is -5.16. The first-order valence-electron chi connectivity index (χ1n) is 11.5. The van der Waals surface area contributed by atoms with Crippen LogP contribution in [0, 0.1) is 0 Å². The number of aromatic hydroxyl groups is 1. The number of aliphatic carboxylic acids is 1. The number of esters is 1. The Kier molecular flexibility index (Phi) is 8.92. The van der Waals surface area contributed by atoms with Gasteiger partial charge in [0.25, 0.3) is 0 Å². The largest absolute Gasteiger partial charge is 0.494 e. The molecule has 0 aliphatic carbocycles. The van der Waals surface area contributed by atoms with Crippen LogP contribution in [0.5, 0.6) is 5.88 Å². The van der Waals surface area contributed by atoms with Crippen molar-refractivity contribution in [3.8, 4) is 5.88 Å². The van der Waals surface area contributed by atoms with Crippen molar-refractivity contribution < 1.29 is 52.4 Å². The maximum Gasteiger partial charge on any atom is 0.490 e. The zero-order chi connectivity index (χ0) is 30.5. The number of methoxy groups -OCH3 is 1. The van der Waals surface area contributed by atoms with E-state index in [-0.39, 0.29) is 17.0 Å². The zero-order valence-corrected chi connectivity index (χ0v) is 21.3. The number of carboxylic acids is 2. The van der Waals surface area contributed by atoms with Crippen molar-refractivity contribution in [3.63, 3.8) is 0 Å². The van der Waals surface area contributed by atoms with Gasteiger partial charge in [-0.3, -0.25) is 9.36 Å². The summed E-state index contributed by atoms with van der Waals surface area (Å²) in [6, 6.07) is 19.7. The first-order valence-corrected chi connectivity index (χ1v) is 11.5. The molecular weight excluding hydrogens is 549 g/mol. The molecule has 0 aliphatic heterocycles. The molecule has 212 valence electrons. The fourth-order valence-electron chi connectivity index (χ4n) is 3.74. The van der Waals surface area contributed by atoms with Crippen molar-refractivity contribution >= 4 is 46.1 Å². The van der Waals surface area contributed by atoms with Crippen LogP contribution in [-0.2, 0) is 9.53 Å². The van der Waals surface area contributed by atoms with Crippen LogP contribution in [0.15, 0.2) is 77.8 Å². The first-order chi connectivity index (χ1) is 19.3. The molecule has 41 heavy (non-hydrogen) atoms. The van der Waals surface area contributed by atoms with E-state index in [9.17, 15) is 32.7 Å². The maximum atomic E-state index is 12.5. The molecule has 3 N–H and O–H groups in total. The van der Waals surface area contributed by atoms with Gasteiger partial charge in [-0.1, -0.05) is 36.4 Å². The number of hydrogen-bond acceptors (Lipinski definition) is 7. The molecule has 1 aromatic heterocycles. The Morgan fingerprint density at radius 2 is 1.41 bits per heavy atom. The molecule has 13 heteroatoms. The summed E-state index contributed by atoms with van der Waals surface area (Å²) in [6.45, 7) is 1.30. The Balaban J connectivity index is 0.000000587. The number of ether oxygens (including phenoxy) is 1. The SMILES string of the molecule is COC(=O)c1ccc2c(C(=Nc3ccc(C(=O)O)cc3)c3ccccc3)c(O)n(C(C)=O)c2c1.O=C(O)C(F)(F)F. The lowest BCUT2D eigenvalue weighted by atomic mass is 10.00. The van der Waals surface area contributed by atoms with Crippen LogP contribution in [0.25, 0.3) is 10.9 Å². The number of rotatable bonds is 5. The van der Waals surface area contributed by atoms with E-state index in [4.69, 9.17) is 24.7 Å². The van der Waals surface area contributed by atoms with Gasteiger partial charge in [0.1, 0.15) is 0 Å². The van der Waals surface area contributed by atoms with Crippen molar-refractivity contribution in [2.75, 3.05) is 7.11 Å². The van der Waals surface area contributed by atoms with E-state index in [0.717, 1.165) is 4.57 Å². The molecule has 0 saturated carbocycles. The van der Waals surface area contributed by atoms with E-state index in [1.165, 1.54) is 32.2 Å². The topological polar surface area (TPSA) is 155 Å². The van der Waals surface area contributed by atoms with E-state index in [0.29, 0.717) is 33.4 Å². The Morgan fingerprint density at radius 1 is 0.854 bits per heavy atom. The average Bonchev–Trinajstić information content (AvgIpc) is 3.22. The normalized spacial score (nSPS) is 11.4. The summed E-state index contributed by atoms with van der Waals surface area (Å²) in [6.07, 6.45) is -5.08. The Bertz CT molecular complexity index is 1660. The molecule has 3 aromatic carbocycles. The smallest absolute Gasteiger partial charge is 0.490 e. The molecule has 4 aromatic rings. The quantitative estimate of drug-likeness (QED) is 0.216.